The fourth-order valence-electron chi connectivity index (χ4n) is 1.67. The van der Waals surface area contributed by atoms with Crippen LogP contribution in [0.1, 0.15) is 15.9 Å². The van der Waals surface area contributed by atoms with Gasteiger partial charge in [0.15, 0.2) is 5.78 Å². The standard InChI is InChI=1S/C14H9ClF2O2/c1-19-12-6-5-8(7-9(12)15)14(18)13-10(16)3-2-4-11(13)17/h2-7H,1H3. The number of rotatable bonds is 3. The van der Waals surface area contributed by atoms with Gasteiger partial charge in [0.2, 0.25) is 0 Å². The van der Waals surface area contributed by atoms with Crippen LogP contribution in [0.25, 0.3) is 0 Å². The van der Waals surface area contributed by atoms with Gasteiger partial charge in [0.1, 0.15) is 17.4 Å². The molecule has 2 aromatic carbocycles. The summed E-state index contributed by atoms with van der Waals surface area (Å²) in [6, 6.07) is 7.44. The molecule has 0 unspecified atom stereocenters. The third kappa shape index (κ3) is 2.58. The highest BCUT2D eigenvalue weighted by Crippen LogP contribution is 2.27. The first-order chi connectivity index (χ1) is 9.04. The van der Waals surface area contributed by atoms with E-state index >= 15 is 0 Å². The third-order valence-electron chi connectivity index (χ3n) is 2.60. The van der Waals surface area contributed by atoms with Crippen molar-refractivity contribution in [3.63, 3.8) is 0 Å². The molecule has 0 N–H and O–H groups in total. The number of ether oxygens (including phenoxy) is 1. The monoisotopic (exact) mass is 282 g/mol. The van der Waals surface area contributed by atoms with Gasteiger partial charge in [0, 0.05) is 5.56 Å². The molecule has 0 bridgehead atoms. The van der Waals surface area contributed by atoms with Crippen molar-refractivity contribution >= 4 is 17.4 Å². The van der Waals surface area contributed by atoms with Crippen molar-refractivity contribution < 1.29 is 18.3 Å². The molecule has 0 aliphatic heterocycles. The topological polar surface area (TPSA) is 26.3 Å². The van der Waals surface area contributed by atoms with E-state index in [4.69, 9.17) is 16.3 Å². The van der Waals surface area contributed by atoms with E-state index < -0.39 is 23.0 Å². The lowest BCUT2D eigenvalue weighted by Crippen LogP contribution is -2.07. The first-order valence-electron chi connectivity index (χ1n) is 5.37. The van der Waals surface area contributed by atoms with Gasteiger partial charge in [-0.1, -0.05) is 17.7 Å². The molecule has 19 heavy (non-hydrogen) atoms. The van der Waals surface area contributed by atoms with Crippen LogP contribution >= 0.6 is 11.6 Å². The summed E-state index contributed by atoms with van der Waals surface area (Å²) in [5.41, 5.74) is -0.501. The number of carbonyl (C=O) groups excluding carboxylic acids is 1. The van der Waals surface area contributed by atoms with E-state index in [1.54, 1.807) is 0 Å². The average Bonchev–Trinajstić information content (AvgIpc) is 2.38. The Hall–Kier alpha value is -1.94. The second kappa shape index (κ2) is 5.36. The number of carbonyl (C=O) groups is 1. The van der Waals surface area contributed by atoms with Crippen LogP contribution < -0.4 is 4.74 Å². The Morgan fingerprint density at radius 1 is 1.16 bits per heavy atom. The van der Waals surface area contributed by atoms with Crippen LogP contribution in [-0.2, 0) is 0 Å². The van der Waals surface area contributed by atoms with Crippen molar-refractivity contribution in [2.75, 3.05) is 7.11 Å². The lowest BCUT2D eigenvalue weighted by Gasteiger charge is -2.07. The largest absolute Gasteiger partial charge is 0.495 e. The summed E-state index contributed by atoms with van der Waals surface area (Å²) in [6.07, 6.45) is 0. The molecule has 0 fully saturated rings. The maximum Gasteiger partial charge on any atom is 0.198 e. The number of hydrogen-bond acceptors (Lipinski definition) is 2. The van der Waals surface area contributed by atoms with Crippen LogP contribution in [0, 0.1) is 11.6 Å². The van der Waals surface area contributed by atoms with Crippen LogP contribution in [0.4, 0.5) is 8.78 Å². The molecule has 0 aromatic heterocycles. The highest BCUT2D eigenvalue weighted by Gasteiger charge is 2.19. The zero-order valence-electron chi connectivity index (χ0n) is 9.91. The molecule has 0 saturated carbocycles. The summed E-state index contributed by atoms with van der Waals surface area (Å²) in [6.45, 7) is 0. The Bertz CT molecular complexity index is 621. The molecular weight excluding hydrogens is 274 g/mol. The summed E-state index contributed by atoms with van der Waals surface area (Å²) in [5.74, 6) is -2.19. The van der Waals surface area contributed by atoms with Crippen molar-refractivity contribution in [2.45, 2.75) is 0 Å². The first kappa shape index (κ1) is 13.5. The highest BCUT2D eigenvalue weighted by atomic mass is 35.5. The Labute approximate surface area is 113 Å². The lowest BCUT2D eigenvalue weighted by molar-refractivity contribution is 0.103. The van der Waals surface area contributed by atoms with Gasteiger partial charge in [-0.2, -0.15) is 0 Å². The number of methoxy groups -OCH3 is 1. The van der Waals surface area contributed by atoms with E-state index in [2.05, 4.69) is 0 Å². The molecule has 0 heterocycles. The van der Waals surface area contributed by atoms with Gasteiger partial charge >= 0.3 is 0 Å². The van der Waals surface area contributed by atoms with Gasteiger partial charge in [0.25, 0.3) is 0 Å². The summed E-state index contributed by atoms with van der Waals surface area (Å²) in [5, 5.41) is 0.199. The molecule has 0 saturated heterocycles. The summed E-state index contributed by atoms with van der Waals surface area (Å²) < 4.78 is 32.0. The van der Waals surface area contributed by atoms with Gasteiger partial charge < -0.3 is 4.74 Å². The van der Waals surface area contributed by atoms with Crippen LogP contribution in [-0.4, -0.2) is 12.9 Å². The molecule has 2 rings (SSSR count). The number of benzene rings is 2. The van der Waals surface area contributed by atoms with E-state index in [1.807, 2.05) is 0 Å². The molecule has 5 heteroatoms. The molecule has 0 aliphatic carbocycles. The normalized spacial score (nSPS) is 10.3. The zero-order chi connectivity index (χ0) is 14.0. The van der Waals surface area contributed by atoms with Gasteiger partial charge in [-0.25, -0.2) is 8.78 Å². The van der Waals surface area contributed by atoms with Crippen LogP contribution in [0.2, 0.25) is 5.02 Å². The van der Waals surface area contributed by atoms with Crippen molar-refractivity contribution in [1.82, 2.24) is 0 Å². The van der Waals surface area contributed by atoms with Crippen molar-refractivity contribution in [1.29, 1.82) is 0 Å². The molecule has 0 aliphatic rings. The number of halogens is 3. The molecule has 2 nitrogen and oxygen atoms in total. The minimum absolute atomic E-state index is 0.0924. The minimum atomic E-state index is -0.906. The summed E-state index contributed by atoms with van der Waals surface area (Å²) in [7, 11) is 1.43. The van der Waals surface area contributed by atoms with Gasteiger partial charge in [-0.05, 0) is 30.3 Å². The first-order valence-corrected chi connectivity index (χ1v) is 5.74. The molecular formula is C14H9ClF2O2. The van der Waals surface area contributed by atoms with Crippen LogP contribution in [0.3, 0.4) is 0 Å². The van der Waals surface area contributed by atoms with E-state index in [0.717, 1.165) is 12.1 Å². The Morgan fingerprint density at radius 2 is 1.79 bits per heavy atom. The lowest BCUT2D eigenvalue weighted by atomic mass is 10.0. The number of hydrogen-bond donors (Lipinski definition) is 0. The fourth-order valence-corrected chi connectivity index (χ4v) is 1.92. The smallest absolute Gasteiger partial charge is 0.198 e. The average molecular weight is 283 g/mol. The SMILES string of the molecule is COc1ccc(C(=O)c2c(F)cccc2F)cc1Cl. The molecule has 0 amide bonds. The zero-order valence-corrected chi connectivity index (χ0v) is 10.7. The van der Waals surface area contributed by atoms with Crippen LogP contribution in [0.15, 0.2) is 36.4 Å². The Balaban J connectivity index is 2.48. The predicted molar refractivity (Wildman–Crippen MR) is 67.8 cm³/mol. The minimum Gasteiger partial charge on any atom is -0.495 e. The summed E-state index contributed by atoms with van der Waals surface area (Å²) in [4.78, 5) is 12.1. The van der Waals surface area contributed by atoms with Crippen molar-refractivity contribution in [2.24, 2.45) is 0 Å². The molecule has 98 valence electrons. The molecule has 0 radical (unpaired) electrons. The third-order valence-corrected chi connectivity index (χ3v) is 2.90. The van der Waals surface area contributed by atoms with E-state index in [-0.39, 0.29) is 10.6 Å². The van der Waals surface area contributed by atoms with Gasteiger partial charge in [-0.15, -0.1) is 0 Å². The second-order valence-electron chi connectivity index (χ2n) is 3.78. The van der Waals surface area contributed by atoms with E-state index in [0.29, 0.717) is 5.75 Å². The Morgan fingerprint density at radius 3 is 2.32 bits per heavy atom. The molecule has 2 aromatic rings. The quantitative estimate of drug-likeness (QED) is 0.799. The second-order valence-corrected chi connectivity index (χ2v) is 4.18. The van der Waals surface area contributed by atoms with Crippen molar-refractivity contribution in [3.8, 4) is 5.75 Å². The maximum absolute atomic E-state index is 13.5. The van der Waals surface area contributed by atoms with E-state index in [9.17, 15) is 13.6 Å². The fraction of sp³-hybridized carbons (Fsp3) is 0.0714. The number of ketones is 1. The predicted octanol–water partition coefficient (Wildman–Crippen LogP) is 3.86. The van der Waals surface area contributed by atoms with Crippen LogP contribution in [0.5, 0.6) is 5.75 Å². The Kier molecular flexibility index (Phi) is 3.81. The molecule has 0 spiro atoms. The van der Waals surface area contributed by atoms with Gasteiger partial charge in [-0.3, -0.25) is 4.79 Å². The maximum atomic E-state index is 13.5. The highest BCUT2D eigenvalue weighted by molar-refractivity contribution is 6.32. The summed E-state index contributed by atoms with van der Waals surface area (Å²) >= 11 is 5.88. The van der Waals surface area contributed by atoms with E-state index in [1.165, 1.54) is 31.4 Å². The van der Waals surface area contributed by atoms with Gasteiger partial charge in [0.05, 0.1) is 17.7 Å². The molecule has 0 atom stereocenters. The van der Waals surface area contributed by atoms with Crippen molar-refractivity contribution in [3.05, 3.63) is 64.2 Å².